The summed E-state index contributed by atoms with van der Waals surface area (Å²) in [5.74, 6) is -1.06. The average Bonchev–Trinajstić information content (AvgIpc) is 2.44. The first-order valence-corrected chi connectivity index (χ1v) is 6.74. The van der Waals surface area contributed by atoms with Crippen LogP contribution in [0.25, 0.3) is 0 Å². The van der Waals surface area contributed by atoms with Crippen molar-refractivity contribution in [1.82, 2.24) is 4.90 Å². The van der Waals surface area contributed by atoms with Crippen molar-refractivity contribution >= 4 is 17.5 Å². The van der Waals surface area contributed by atoms with Crippen molar-refractivity contribution in [3.63, 3.8) is 0 Å². The third-order valence-corrected chi connectivity index (χ3v) is 3.03. The number of para-hydroxylation sites is 1. The van der Waals surface area contributed by atoms with Crippen LogP contribution < -0.4 is 5.32 Å². The van der Waals surface area contributed by atoms with Gasteiger partial charge < -0.3 is 10.2 Å². The van der Waals surface area contributed by atoms with Crippen LogP contribution >= 0.6 is 0 Å². The Morgan fingerprint density at radius 1 is 1.21 bits per heavy atom. The summed E-state index contributed by atoms with van der Waals surface area (Å²) in [6.45, 7) is 4.67. The Balaban J connectivity index is 2.66. The predicted molar refractivity (Wildman–Crippen MR) is 77.0 cm³/mol. The molecule has 0 saturated carbocycles. The van der Waals surface area contributed by atoms with Gasteiger partial charge in [0.15, 0.2) is 0 Å². The highest BCUT2D eigenvalue weighted by Gasteiger charge is 2.18. The van der Waals surface area contributed by atoms with Crippen LogP contribution in [0.15, 0.2) is 24.3 Å². The molecule has 4 heteroatoms. The third kappa shape index (κ3) is 4.39. The zero-order valence-corrected chi connectivity index (χ0v) is 11.9. The standard InChI is InChI=1S/C15H22N2O2/c1-4-6-11-17(3)15(19)14(18)16-13-10-8-7-9-12(13)5-2/h7-10H,4-6,11H2,1-3H3,(H,16,18). The summed E-state index contributed by atoms with van der Waals surface area (Å²) in [7, 11) is 1.66. The van der Waals surface area contributed by atoms with Gasteiger partial charge in [0.25, 0.3) is 0 Å². The number of hydrogen-bond acceptors (Lipinski definition) is 2. The molecule has 1 N–H and O–H groups in total. The van der Waals surface area contributed by atoms with E-state index in [2.05, 4.69) is 12.2 Å². The number of unbranched alkanes of at least 4 members (excludes halogenated alkanes) is 1. The van der Waals surface area contributed by atoms with Gasteiger partial charge >= 0.3 is 11.8 Å². The first-order valence-electron chi connectivity index (χ1n) is 6.74. The molecule has 19 heavy (non-hydrogen) atoms. The Bertz CT molecular complexity index is 444. The van der Waals surface area contributed by atoms with Crippen LogP contribution in [-0.2, 0) is 16.0 Å². The molecule has 4 nitrogen and oxygen atoms in total. The molecule has 0 unspecified atom stereocenters. The van der Waals surface area contributed by atoms with Gasteiger partial charge in [-0.15, -0.1) is 0 Å². The molecule has 0 heterocycles. The molecule has 0 radical (unpaired) electrons. The molecule has 0 spiro atoms. The monoisotopic (exact) mass is 262 g/mol. The second-order valence-electron chi connectivity index (χ2n) is 4.55. The van der Waals surface area contributed by atoms with Gasteiger partial charge in [0.2, 0.25) is 0 Å². The Morgan fingerprint density at radius 3 is 2.53 bits per heavy atom. The molecule has 0 atom stereocenters. The van der Waals surface area contributed by atoms with E-state index in [0.29, 0.717) is 12.2 Å². The van der Waals surface area contributed by atoms with Gasteiger partial charge in [-0.2, -0.15) is 0 Å². The molecule has 0 saturated heterocycles. The lowest BCUT2D eigenvalue weighted by atomic mass is 10.1. The van der Waals surface area contributed by atoms with E-state index in [1.807, 2.05) is 31.2 Å². The number of amides is 2. The van der Waals surface area contributed by atoms with Gasteiger partial charge in [0, 0.05) is 19.3 Å². The summed E-state index contributed by atoms with van der Waals surface area (Å²) in [6, 6.07) is 7.53. The Kier molecular flexibility index (Phi) is 6.06. The van der Waals surface area contributed by atoms with Crippen molar-refractivity contribution in [3.05, 3.63) is 29.8 Å². The summed E-state index contributed by atoms with van der Waals surface area (Å²) >= 11 is 0. The lowest BCUT2D eigenvalue weighted by Crippen LogP contribution is -2.37. The van der Waals surface area contributed by atoms with Crippen molar-refractivity contribution in [2.24, 2.45) is 0 Å². The van der Waals surface area contributed by atoms with Gasteiger partial charge in [-0.1, -0.05) is 38.5 Å². The molecule has 2 amide bonds. The fourth-order valence-electron chi connectivity index (χ4n) is 1.80. The van der Waals surface area contributed by atoms with Crippen LogP contribution in [0.3, 0.4) is 0 Å². The zero-order valence-electron chi connectivity index (χ0n) is 11.9. The lowest BCUT2D eigenvalue weighted by molar-refractivity contribution is -0.142. The number of nitrogens with one attached hydrogen (secondary N) is 1. The summed E-state index contributed by atoms with van der Waals surface area (Å²) < 4.78 is 0. The summed E-state index contributed by atoms with van der Waals surface area (Å²) in [6.07, 6.45) is 2.72. The molecule has 0 fully saturated rings. The number of carbonyl (C=O) groups excluding carboxylic acids is 2. The molecule has 1 rings (SSSR count). The van der Waals surface area contributed by atoms with Crippen molar-refractivity contribution in [2.45, 2.75) is 33.1 Å². The molecular formula is C15H22N2O2. The van der Waals surface area contributed by atoms with Crippen LogP contribution in [-0.4, -0.2) is 30.3 Å². The van der Waals surface area contributed by atoms with E-state index in [4.69, 9.17) is 0 Å². The summed E-state index contributed by atoms with van der Waals surface area (Å²) in [4.78, 5) is 25.2. The van der Waals surface area contributed by atoms with Crippen LogP contribution in [0.1, 0.15) is 32.3 Å². The maximum Gasteiger partial charge on any atom is 0.313 e. The second kappa shape index (κ2) is 7.56. The van der Waals surface area contributed by atoms with Crippen LogP contribution in [0.4, 0.5) is 5.69 Å². The van der Waals surface area contributed by atoms with E-state index >= 15 is 0 Å². The second-order valence-corrected chi connectivity index (χ2v) is 4.55. The summed E-state index contributed by atoms with van der Waals surface area (Å²) in [5.41, 5.74) is 1.74. The number of rotatable bonds is 5. The number of carbonyl (C=O) groups is 2. The van der Waals surface area contributed by atoms with Crippen molar-refractivity contribution in [2.75, 3.05) is 18.9 Å². The Hall–Kier alpha value is -1.84. The fraction of sp³-hybridized carbons (Fsp3) is 0.467. The van der Waals surface area contributed by atoms with E-state index in [9.17, 15) is 9.59 Å². The molecule has 0 aliphatic rings. The lowest BCUT2D eigenvalue weighted by Gasteiger charge is -2.16. The fourth-order valence-corrected chi connectivity index (χ4v) is 1.80. The molecule has 1 aromatic carbocycles. The van der Waals surface area contributed by atoms with Crippen LogP contribution in [0, 0.1) is 0 Å². The Labute approximate surface area is 114 Å². The van der Waals surface area contributed by atoms with E-state index in [1.165, 1.54) is 4.90 Å². The first kappa shape index (κ1) is 15.2. The molecular weight excluding hydrogens is 240 g/mol. The Morgan fingerprint density at radius 2 is 1.89 bits per heavy atom. The predicted octanol–water partition coefficient (Wildman–Crippen LogP) is 2.45. The molecule has 0 aliphatic heterocycles. The highest BCUT2D eigenvalue weighted by molar-refractivity contribution is 6.39. The largest absolute Gasteiger partial charge is 0.338 e. The maximum atomic E-state index is 11.9. The number of nitrogens with zero attached hydrogens (tertiary/aromatic N) is 1. The van der Waals surface area contributed by atoms with Gasteiger partial charge in [-0.3, -0.25) is 9.59 Å². The van der Waals surface area contributed by atoms with Crippen molar-refractivity contribution in [3.8, 4) is 0 Å². The highest BCUT2D eigenvalue weighted by Crippen LogP contribution is 2.15. The van der Waals surface area contributed by atoms with E-state index in [1.54, 1.807) is 7.05 Å². The quantitative estimate of drug-likeness (QED) is 0.829. The summed E-state index contributed by atoms with van der Waals surface area (Å²) in [5, 5.41) is 2.69. The van der Waals surface area contributed by atoms with Gasteiger partial charge in [0.1, 0.15) is 0 Å². The number of likely N-dealkylation sites (N-methyl/N-ethyl adjacent to an activating group) is 1. The van der Waals surface area contributed by atoms with Crippen LogP contribution in [0.2, 0.25) is 0 Å². The molecule has 0 bridgehead atoms. The van der Waals surface area contributed by atoms with Gasteiger partial charge in [0.05, 0.1) is 0 Å². The SMILES string of the molecule is CCCCN(C)C(=O)C(=O)Nc1ccccc1CC. The van der Waals surface area contributed by atoms with E-state index < -0.39 is 11.8 Å². The number of hydrogen-bond donors (Lipinski definition) is 1. The number of benzene rings is 1. The number of anilines is 1. The van der Waals surface area contributed by atoms with Gasteiger partial charge in [-0.05, 0) is 24.5 Å². The minimum Gasteiger partial charge on any atom is -0.338 e. The highest BCUT2D eigenvalue weighted by atomic mass is 16.2. The van der Waals surface area contributed by atoms with Crippen LogP contribution in [0.5, 0.6) is 0 Å². The minimum atomic E-state index is -0.570. The van der Waals surface area contributed by atoms with E-state index in [-0.39, 0.29) is 0 Å². The molecule has 1 aromatic rings. The first-order chi connectivity index (χ1) is 9.10. The van der Waals surface area contributed by atoms with Crippen molar-refractivity contribution < 1.29 is 9.59 Å². The smallest absolute Gasteiger partial charge is 0.313 e. The molecule has 0 aliphatic carbocycles. The van der Waals surface area contributed by atoms with Gasteiger partial charge in [-0.25, -0.2) is 0 Å². The third-order valence-electron chi connectivity index (χ3n) is 3.03. The molecule has 0 aromatic heterocycles. The minimum absolute atomic E-state index is 0.487. The number of aryl methyl sites for hydroxylation is 1. The normalized spacial score (nSPS) is 10.1. The zero-order chi connectivity index (χ0) is 14.3. The molecule has 104 valence electrons. The topological polar surface area (TPSA) is 49.4 Å². The maximum absolute atomic E-state index is 11.9. The van der Waals surface area contributed by atoms with E-state index in [0.717, 1.165) is 24.8 Å². The van der Waals surface area contributed by atoms with Crippen molar-refractivity contribution in [1.29, 1.82) is 0 Å². The average molecular weight is 262 g/mol.